The Morgan fingerprint density at radius 1 is 0.879 bits per heavy atom. The van der Waals surface area contributed by atoms with E-state index in [1.54, 1.807) is 5.32 Å². The van der Waals surface area contributed by atoms with E-state index in [1.165, 1.54) is 6.07 Å². The topological polar surface area (TPSA) is 58.2 Å². The molecule has 0 radical (unpaired) electrons. The van der Waals surface area contributed by atoms with Crippen LogP contribution in [0.25, 0.3) is 0 Å². The summed E-state index contributed by atoms with van der Waals surface area (Å²) in [6.07, 6.45) is -4.56. The highest BCUT2D eigenvalue weighted by molar-refractivity contribution is 7.99. The molecule has 3 rings (SSSR count). The molecule has 33 heavy (non-hydrogen) atoms. The first-order chi connectivity index (χ1) is 15.5. The molecular weight excluding hydrogens is 494 g/mol. The lowest BCUT2D eigenvalue weighted by Gasteiger charge is -2.11. The standard InChI is InChI=1S/C21H11ClF6N2O2S/c22-12-8-10(21(26,27)28)4-7-17(12)33-11-5-6-16(15(25)9-11)29-20(32)30-19(31)18-13(23)2-1-3-14(18)24/h1-9H,(H2,29,30,31,32). The Kier molecular flexibility index (Phi) is 7.23. The fraction of sp³-hybridized carbons (Fsp3) is 0.0476. The SMILES string of the molecule is O=C(NC(=O)c1c(F)cccc1F)Nc1ccc(Sc2ccc(C(F)(F)F)cc2Cl)cc1F. The van der Waals surface area contributed by atoms with Crippen LogP contribution in [0.3, 0.4) is 0 Å². The van der Waals surface area contributed by atoms with E-state index in [0.29, 0.717) is 0 Å². The first-order valence-corrected chi connectivity index (χ1v) is 10.1. The van der Waals surface area contributed by atoms with Gasteiger partial charge in [-0.05, 0) is 48.5 Å². The summed E-state index contributed by atoms with van der Waals surface area (Å²) in [4.78, 5) is 24.3. The van der Waals surface area contributed by atoms with Crippen LogP contribution in [0.15, 0.2) is 64.4 Å². The third kappa shape index (κ3) is 5.99. The van der Waals surface area contributed by atoms with Crippen molar-refractivity contribution in [3.8, 4) is 0 Å². The number of nitrogens with one attached hydrogen (secondary N) is 2. The van der Waals surface area contributed by atoms with E-state index < -0.39 is 46.7 Å². The third-order valence-corrected chi connectivity index (χ3v) is 5.58. The number of anilines is 1. The molecule has 0 saturated carbocycles. The van der Waals surface area contributed by atoms with Gasteiger partial charge in [0.05, 0.1) is 16.3 Å². The van der Waals surface area contributed by atoms with Gasteiger partial charge >= 0.3 is 12.2 Å². The van der Waals surface area contributed by atoms with Gasteiger partial charge in [0.25, 0.3) is 5.91 Å². The highest BCUT2D eigenvalue weighted by Crippen LogP contribution is 2.38. The van der Waals surface area contributed by atoms with Crippen LogP contribution in [0.4, 0.5) is 36.8 Å². The quantitative estimate of drug-likeness (QED) is 0.380. The van der Waals surface area contributed by atoms with Gasteiger partial charge in [-0.2, -0.15) is 13.2 Å². The van der Waals surface area contributed by atoms with Gasteiger partial charge in [-0.15, -0.1) is 0 Å². The summed E-state index contributed by atoms with van der Waals surface area (Å²) < 4.78 is 79.8. The number of benzene rings is 3. The molecule has 0 fully saturated rings. The molecule has 0 spiro atoms. The minimum atomic E-state index is -4.56. The Bertz CT molecular complexity index is 1220. The molecule has 3 aromatic rings. The number of alkyl halides is 3. The summed E-state index contributed by atoms with van der Waals surface area (Å²) >= 11 is 6.76. The number of carbonyl (C=O) groups is 2. The monoisotopic (exact) mass is 504 g/mol. The molecule has 0 aliphatic rings. The summed E-state index contributed by atoms with van der Waals surface area (Å²) in [5.41, 5.74) is -2.27. The van der Waals surface area contributed by atoms with Crippen LogP contribution in [0.5, 0.6) is 0 Å². The molecule has 3 amide bonds. The predicted molar refractivity (Wildman–Crippen MR) is 110 cm³/mol. The van der Waals surface area contributed by atoms with Crippen molar-refractivity contribution in [2.75, 3.05) is 5.32 Å². The maximum Gasteiger partial charge on any atom is 0.416 e. The summed E-state index contributed by atoms with van der Waals surface area (Å²) in [7, 11) is 0. The zero-order valence-corrected chi connectivity index (χ0v) is 17.6. The van der Waals surface area contributed by atoms with Crippen LogP contribution in [-0.2, 0) is 6.18 Å². The molecule has 0 aliphatic heterocycles. The van der Waals surface area contributed by atoms with E-state index in [1.807, 2.05) is 5.32 Å². The minimum absolute atomic E-state index is 0.185. The lowest BCUT2D eigenvalue weighted by molar-refractivity contribution is -0.137. The number of halogens is 7. The second-order valence-corrected chi connectivity index (χ2v) is 7.91. The first-order valence-electron chi connectivity index (χ1n) is 8.86. The van der Waals surface area contributed by atoms with Crippen LogP contribution in [0.1, 0.15) is 15.9 Å². The predicted octanol–water partition coefficient (Wildman–Crippen LogP) is 6.89. The van der Waals surface area contributed by atoms with Gasteiger partial charge in [0, 0.05) is 9.79 Å². The lowest BCUT2D eigenvalue weighted by atomic mass is 10.2. The zero-order chi connectivity index (χ0) is 24.3. The second kappa shape index (κ2) is 9.75. The van der Waals surface area contributed by atoms with Crippen LogP contribution < -0.4 is 10.6 Å². The highest BCUT2D eigenvalue weighted by Gasteiger charge is 2.31. The Morgan fingerprint density at radius 3 is 2.12 bits per heavy atom. The van der Waals surface area contributed by atoms with Gasteiger partial charge in [-0.3, -0.25) is 10.1 Å². The number of amides is 3. The second-order valence-electron chi connectivity index (χ2n) is 6.39. The van der Waals surface area contributed by atoms with Crippen molar-refractivity contribution in [3.05, 3.63) is 88.2 Å². The van der Waals surface area contributed by atoms with E-state index >= 15 is 0 Å². The molecular formula is C21H11ClF6N2O2S. The van der Waals surface area contributed by atoms with E-state index in [2.05, 4.69) is 0 Å². The number of hydrogen-bond acceptors (Lipinski definition) is 3. The van der Waals surface area contributed by atoms with Crippen molar-refractivity contribution in [3.63, 3.8) is 0 Å². The first kappa shape index (κ1) is 24.5. The van der Waals surface area contributed by atoms with Crippen LogP contribution in [0, 0.1) is 17.5 Å². The molecule has 0 saturated heterocycles. The van der Waals surface area contributed by atoms with Gasteiger partial charge in [0.1, 0.15) is 23.0 Å². The molecule has 0 unspecified atom stereocenters. The van der Waals surface area contributed by atoms with Crippen LogP contribution in [0.2, 0.25) is 5.02 Å². The van der Waals surface area contributed by atoms with E-state index in [9.17, 15) is 35.9 Å². The number of urea groups is 1. The Hall–Kier alpha value is -3.18. The number of carbonyl (C=O) groups excluding carboxylic acids is 2. The smallest absolute Gasteiger partial charge is 0.305 e. The molecule has 0 atom stereocenters. The molecule has 0 heterocycles. The number of imide groups is 1. The molecule has 172 valence electrons. The van der Waals surface area contributed by atoms with Crippen LogP contribution >= 0.6 is 23.4 Å². The molecule has 0 aromatic heterocycles. The lowest BCUT2D eigenvalue weighted by Crippen LogP contribution is -2.35. The van der Waals surface area contributed by atoms with Crippen molar-refractivity contribution < 1.29 is 35.9 Å². The summed E-state index contributed by atoms with van der Waals surface area (Å²) in [6, 6.07) is 7.62. The Labute approximate surface area is 191 Å². The minimum Gasteiger partial charge on any atom is -0.305 e. The van der Waals surface area contributed by atoms with Crippen molar-refractivity contribution in [1.82, 2.24) is 5.32 Å². The Balaban J connectivity index is 1.68. The van der Waals surface area contributed by atoms with Crippen molar-refractivity contribution in [2.24, 2.45) is 0 Å². The van der Waals surface area contributed by atoms with Crippen molar-refractivity contribution in [1.29, 1.82) is 0 Å². The highest BCUT2D eigenvalue weighted by atomic mass is 35.5. The fourth-order valence-electron chi connectivity index (χ4n) is 2.58. The summed E-state index contributed by atoms with van der Waals surface area (Å²) in [5.74, 6) is -4.68. The number of hydrogen-bond donors (Lipinski definition) is 2. The third-order valence-electron chi connectivity index (χ3n) is 4.09. The van der Waals surface area contributed by atoms with E-state index in [4.69, 9.17) is 11.6 Å². The molecule has 2 N–H and O–H groups in total. The molecule has 0 bridgehead atoms. The van der Waals surface area contributed by atoms with Gasteiger partial charge < -0.3 is 5.32 Å². The van der Waals surface area contributed by atoms with Crippen molar-refractivity contribution >= 4 is 41.0 Å². The molecule has 12 heteroatoms. The van der Waals surface area contributed by atoms with Gasteiger partial charge in [0.15, 0.2) is 0 Å². The van der Waals surface area contributed by atoms with E-state index in [-0.39, 0.29) is 20.5 Å². The number of rotatable bonds is 4. The average Bonchev–Trinajstić information content (AvgIpc) is 2.70. The fourth-order valence-corrected chi connectivity index (χ4v) is 3.72. The van der Waals surface area contributed by atoms with Crippen molar-refractivity contribution in [2.45, 2.75) is 16.0 Å². The zero-order valence-electron chi connectivity index (χ0n) is 16.1. The largest absolute Gasteiger partial charge is 0.416 e. The normalized spacial score (nSPS) is 11.2. The molecule has 3 aromatic carbocycles. The van der Waals surface area contributed by atoms with Crippen LogP contribution in [-0.4, -0.2) is 11.9 Å². The molecule has 0 aliphatic carbocycles. The maximum atomic E-state index is 14.4. The van der Waals surface area contributed by atoms with E-state index in [0.717, 1.165) is 60.3 Å². The summed E-state index contributed by atoms with van der Waals surface area (Å²) in [6.45, 7) is 0. The Morgan fingerprint density at radius 2 is 1.55 bits per heavy atom. The van der Waals surface area contributed by atoms with Gasteiger partial charge in [0.2, 0.25) is 0 Å². The summed E-state index contributed by atoms with van der Waals surface area (Å²) in [5, 5.41) is 3.52. The maximum absolute atomic E-state index is 14.4. The molecule has 4 nitrogen and oxygen atoms in total. The average molecular weight is 505 g/mol. The van der Waals surface area contributed by atoms with Gasteiger partial charge in [-0.1, -0.05) is 29.4 Å². The van der Waals surface area contributed by atoms with Gasteiger partial charge in [-0.25, -0.2) is 18.0 Å².